The van der Waals surface area contributed by atoms with Gasteiger partial charge in [0.1, 0.15) is 11.4 Å². The van der Waals surface area contributed by atoms with E-state index in [-0.39, 0.29) is 18.2 Å². The minimum Gasteiger partial charge on any atom is -0.378 e. The first-order chi connectivity index (χ1) is 17.8. The van der Waals surface area contributed by atoms with Gasteiger partial charge in [-0.05, 0) is 48.9 Å². The molecule has 0 aliphatic rings. The molecule has 38 heavy (non-hydrogen) atoms. The molecular formula is C27H24F3N3O4S. The molecule has 0 atom stereocenters. The van der Waals surface area contributed by atoms with E-state index in [0.29, 0.717) is 23.0 Å². The first-order valence-corrected chi connectivity index (χ1v) is 12.8. The summed E-state index contributed by atoms with van der Waals surface area (Å²) >= 11 is 0. The second-order valence-corrected chi connectivity index (χ2v) is 10.3. The second-order valence-electron chi connectivity index (χ2n) is 8.79. The van der Waals surface area contributed by atoms with E-state index in [1.54, 1.807) is 39.2 Å². The molecule has 4 aromatic rings. The van der Waals surface area contributed by atoms with Crippen molar-refractivity contribution in [3.63, 3.8) is 0 Å². The smallest absolute Gasteiger partial charge is 0.378 e. The summed E-state index contributed by atoms with van der Waals surface area (Å²) in [6.45, 7) is 1.72. The number of halogens is 3. The standard InChI is InChI=1S/C27H24F3N3O4S/c1-18-12-13-25(37-38(35,36)21-11-7-10-20(15-21)27(28,29)30)22(14-18)23-16-24(19-8-5-4-6-9-19)33(31-23)17-26(34)32(2)3/h4-16H,17H2,1-3H3. The van der Waals surface area contributed by atoms with E-state index in [2.05, 4.69) is 5.10 Å². The Balaban J connectivity index is 1.79. The van der Waals surface area contributed by atoms with Crippen molar-refractivity contribution in [2.45, 2.75) is 24.5 Å². The summed E-state index contributed by atoms with van der Waals surface area (Å²) in [6, 6.07) is 19.0. The Morgan fingerprint density at radius 3 is 2.34 bits per heavy atom. The Bertz CT molecular complexity index is 1580. The highest BCUT2D eigenvalue weighted by Gasteiger charge is 2.32. The third kappa shape index (κ3) is 5.88. The van der Waals surface area contributed by atoms with Gasteiger partial charge in [0, 0.05) is 19.7 Å². The minimum atomic E-state index is -4.72. The quantitative estimate of drug-likeness (QED) is 0.292. The summed E-state index contributed by atoms with van der Waals surface area (Å²) in [5.74, 6) is -0.319. The number of rotatable bonds is 7. The van der Waals surface area contributed by atoms with Crippen LogP contribution in [0.4, 0.5) is 13.2 Å². The number of carbonyl (C=O) groups excluding carboxylic acids is 1. The van der Waals surface area contributed by atoms with Crippen molar-refractivity contribution in [3.8, 4) is 28.3 Å². The van der Waals surface area contributed by atoms with Gasteiger partial charge in [0.05, 0.1) is 17.0 Å². The van der Waals surface area contributed by atoms with E-state index in [0.717, 1.165) is 29.3 Å². The summed E-state index contributed by atoms with van der Waals surface area (Å²) < 4.78 is 72.3. The fraction of sp³-hybridized carbons (Fsp3) is 0.185. The maximum Gasteiger partial charge on any atom is 0.416 e. The molecule has 4 rings (SSSR count). The third-order valence-electron chi connectivity index (χ3n) is 5.69. The zero-order chi connectivity index (χ0) is 27.7. The van der Waals surface area contributed by atoms with E-state index in [4.69, 9.17) is 4.18 Å². The maximum atomic E-state index is 13.2. The topological polar surface area (TPSA) is 81.5 Å². The highest BCUT2D eigenvalue weighted by molar-refractivity contribution is 7.87. The normalized spacial score (nSPS) is 11.8. The fourth-order valence-corrected chi connectivity index (χ4v) is 4.69. The van der Waals surface area contributed by atoms with Gasteiger partial charge in [0.25, 0.3) is 0 Å². The fourth-order valence-electron chi connectivity index (χ4n) is 3.69. The number of aryl methyl sites for hydroxylation is 1. The molecule has 0 fully saturated rings. The first kappa shape index (κ1) is 26.9. The van der Waals surface area contributed by atoms with E-state index in [9.17, 15) is 26.4 Å². The lowest BCUT2D eigenvalue weighted by atomic mass is 10.1. The van der Waals surface area contributed by atoms with Crippen molar-refractivity contribution in [2.75, 3.05) is 14.1 Å². The van der Waals surface area contributed by atoms with Gasteiger partial charge in [0.2, 0.25) is 5.91 Å². The van der Waals surface area contributed by atoms with Gasteiger partial charge in [-0.2, -0.15) is 26.7 Å². The zero-order valence-corrected chi connectivity index (χ0v) is 21.5. The molecule has 0 saturated carbocycles. The summed E-state index contributed by atoms with van der Waals surface area (Å²) in [4.78, 5) is 13.3. The van der Waals surface area contributed by atoms with E-state index < -0.39 is 26.8 Å². The molecule has 1 heterocycles. The van der Waals surface area contributed by atoms with Gasteiger partial charge in [-0.15, -0.1) is 0 Å². The largest absolute Gasteiger partial charge is 0.416 e. The monoisotopic (exact) mass is 543 g/mol. The number of likely N-dealkylation sites (N-methyl/N-ethyl adjacent to an activating group) is 1. The lowest BCUT2D eigenvalue weighted by molar-refractivity contribution is -0.137. The number of aromatic nitrogens is 2. The molecule has 1 amide bonds. The van der Waals surface area contributed by atoms with Crippen molar-refractivity contribution in [3.05, 3.63) is 90.0 Å². The Morgan fingerprint density at radius 1 is 0.974 bits per heavy atom. The van der Waals surface area contributed by atoms with Crippen LogP contribution in [0.2, 0.25) is 0 Å². The predicted molar refractivity (Wildman–Crippen MR) is 136 cm³/mol. The number of benzene rings is 3. The molecule has 0 N–H and O–H groups in total. The second kappa shape index (κ2) is 10.3. The number of carbonyl (C=O) groups is 1. The maximum absolute atomic E-state index is 13.2. The minimum absolute atomic E-state index is 0.0677. The Morgan fingerprint density at radius 2 is 1.68 bits per heavy atom. The van der Waals surface area contributed by atoms with Crippen LogP contribution in [0.1, 0.15) is 11.1 Å². The summed E-state index contributed by atoms with van der Waals surface area (Å²) in [6.07, 6.45) is -4.72. The molecule has 198 valence electrons. The summed E-state index contributed by atoms with van der Waals surface area (Å²) in [7, 11) is -1.37. The molecule has 3 aromatic carbocycles. The Hall–Kier alpha value is -4.12. The zero-order valence-electron chi connectivity index (χ0n) is 20.7. The number of amides is 1. The lowest BCUT2D eigenvalue weighted by Gasteiger charge is -2.13. The van der Waals surface area contributed by atoms with Crippen LogP contribution in [0.5, 0.6) is 5.75 Å². The van der Waals surface area contributed by atoms with Crippen molar-refractivity contribution in [1.29, 1.82) is 0 Å². The van der Waals surface area contributed by atoms with E-state index in [1.807, 2.05) is 30.3 Å². The van der Waals surface area contributed by atoms with Crippen LogP contribution in [0.25, 0.3) is 22.5 Å². The first-order valence-electron chi connectivity index (χ1n) is 11.4. The van der Waals surface area contributed by atoms with Crippen molar-refractivity contribution in [1.82, 2.24) is 14.7 Å². The molecule has 11 heteroatoms. The van der Waals surface area contributed by atoms with Crippen LogP contribution >= 0.6 is 0 Å². The number of hydrogen-bond donors (Lipinski definition) is 0. The summed E-state index contributed by atoms with van der Waals surface area (Å²) in [5.41, 5.74) is 1.68. The molecule has 0 saturated heterocycles. The van der Waals surface area contributed by atoms with Gasteiger partial charge in [0.15, 0.2) is 5.75 Å². The van der Waals surface area contributed by atoms with Crippen LogP contribution in [0, 0.1) is 6.92 Å². The molecule has 0 bridgehead atoms. The molecule has 0 unspecified atom stereocenters. The van der Waals surface area contributed by atoms with Crippen LogP contribution in [-0.2, 0) is 27.6 Å². The molecular weight excluding hydrogens is 519 g/mol. The van der Waals surface area contributed by atoms with Crippen LogP contribution in [0.15, 0.2) is 83.8 Å². The SMILES string of the molecule is Cc1ccc(OS(=O)(=O)c2cccc(C(F)(F)F)c2)c(-c2cc(-c3ccccc3)n(CC(=O)N(C)C)n2)c1. The van der Waals surface area contributed by atoms with Crippen molar-refractivity contribution >= 4 is 16.0 Å². The third-order valence-corrected chi connectivity index (χ3v) is 6.92. The van der Waals surface area contributed by atoms with Crippen LogP contribution < -0.4 is 4.18 Å². The van der Waals surface area contributed by atoms with Gasteiger partial charge < -0.3 is 9.08 Å². The van der Waals surface area contributed by atoms with Gasteiger partial charge in [-0.1, -0.05) is 48.0 Å². The molecule has 7 nitrogen and oxygen atoms in total. The number of nitrogens with zero attached hydrogens (tertiary/aromatic N) is 3. The number of alkyl halides is 3. The highest BCUT2D eigenvalue weighted by Crippen LogP contribution is 2.36. The summed E-state index contributed by atoms with van der Waals surface area (Å²) in [5, 5.41) is 4.58. The molecule has 0 spiro atoms. The van der Waals surface area contributed by atoms with E-state index in [1.165, 1.54) is 15.6 Å². The average Bonchev–Trinajstić information content (AvgIpc) is 3.28. The Kier molecular flexibility index (Phi) is 7.32. The molecule has 1 aromatic heterocycles. The average molecular weight is 544 g/mol. The van der Waals surface area contributed by atoms with Crippen LogP contribution in [0.3, 0.4) is 0 Å². The van der Waals surface area contributed by atoms with Gasteiger partial charge in [-0.25, -0.2) is 0 Å². The van der Waals surface area contributed by atoms with Crippen molar-refractivity contribution in [2.24, 2.45) is 0 Å². The Labute approximate surface area is 218 Å². The van der Waals surface area contributed by atoms with Crippen molar-refractivity contribution < 1.29 is 30.6 Å². The van der Waals surface area contributed by atoms with Crippen LogP contribution in [-0.4, -0.2) is 43.1 Å². The number of hydrogen-bond acceptors (Lipinski definition) is 5. The lowest BCUT2D eigenvalue weighted by Crippen LogP contribution is -2.27. The highest BCUT2D eigenvalue weighted by atomic mass is 32.2. The van der Waals surface area contributed by atoms with Gasteiger partial charge in [-0.3, -0.25) is 9.48 Å². The predicted octanol–water partition coefficient (Wildman–Crippen LogP) is 5.40. The molecule has 0 aliphatic carbocycles. The molecule has 0 aliphatic heterocycles. The van der Waals surface area contributed by atoms with Gasteiger partial charge >= 0.3 is 16.3 Å². The molecule has 0 radical (unpaired) electrons. The van der Waals surface area contributed by atoms with E-state index >= 15 is 0 Å².